The lowest BCUT2D eigenvalue weighted by Gasteiger charge is -2.15. The number of carbonyl (C=O) groups is 3. The molecule has 0 aliphatic carbocycles. The highest BCUT2D eigenvalue weighted by Crippen LogP contribution is 2.17. The Bertz CT molecular complexity index is 660. The molecular formula is C15H14N2O5. The number of hydrogen-bond donors (Lipinski definition) is 1. The third-order valence-electron chi connectivity index (χ3n) is 2.96. The van der Waals surface area contributed by atoms with Gasteiger partial charge in [-0.3, -0.25) is 24.5 Å². The number of rotatable bonds is 7. The Kier molecular flexibility index (Phi) is 5.96. The number of ketones is 2. The minimum atomic E-state index is -0.926. The van der Waals surface area contributed by atoms with Gasteiger partial charge in [0, 0.05) is 12.5 Å². The van der Waals surface area contributed by atoms with E-state index in [1.165, 1.54) is 31.2 Å². The van der Waals surface area contributed by atoms with E-state index in [1.807, 2.05) is 5.92 Å². The number of amides is 1. The van der Waals surface area contributed by atoms with E-state index in [1.54, 1.807) is 0 Å². The Hall–Kier alpha value is -3.01. The van der Waals surface area contributed by atoms with Crippen molar-refractivity contribution in [3.63, 3.8) is 0 Å². The number of carbonyl (C=O) groups excluding carboxylic acids is 3. The van der Waals surface area contributed by atoms with Gasteiger partial charge in [0.05, 0.1) is 11.0 Å². The molecular weight excluding hydrogens is 288 g/mol. The fourth-order valence-electron chi connectivity index (χ4n) is 1.79. The van der Waals surface area contributed by atoms with E-state index in [9.17, 15) is 24.5 Å². The van der Waals surface area contributed by atoms with Gasteiger partial charge >= 0.3 is 0 Å². The number of hydrogen-bond acceptors (Lipinski definition) is 5. The number of nitrogens with one attached hydrogen (secondary N) is 1. The molecule has 1 unspecified atom stereocenters. The summed E-state index contributed by atoms with van der Waals surface area (Å²) in [6.07, 6.45) is 4.92. The maximum Gasteiger partial charge on any atom is 0.282 e. The van der Waals surface area contributed by atoms with Crippen molar-refractivity contribution in [2.75, 3.05) is 0 Å². The maximum atomic E-state index is 12.1. The predicted octanol–water partition coefficient (Wildman–Crippen LogP) is 1.26. The molecule has 1 atom stereocenters. The van der Waals surface area contributed by atoms with Crippen LogP contribution in [0.25, 0.3) is 0 Å². The maximum absolute atomic E-state index is 12.1. The van der Waals surface area contributed by atoms with Gasteiger partial charge in [-0.1, -0.05) is 12.1 Å². The number of para-hydroxylation sites is 1. The minimum Gasteiger partial charge on any atom is -0.342 e. The molecule has 0 spiro atoms. The first-order valence-corrected chi connectivity index (χ1v) is 6.41. The number of nitrogens with zero attached hydrogens (tertiary/aromatic N) is 1. The van der Waals surface area contributed by atoms with Crippen LogP contribution in [0.4, 0.5) is 5.69 Å². The Balaban J connectivity index is 2.89. The summed E-state index contributed by atoms with van der Waals surface area (Å²) in [5.41, 5.74) is -0.510. The molecule has 7 nitrogen and oxygen atoms in total. The number of nitro benzene ring substituents is 1. The summed E-state index contributed by atoms with van der Waals surface area (Å²) in [5.74, 6) is 0.322. The second kappa shape index (κ2) is 7.69. The van der Waals surface area contributed by atoms with Crippen LogP contribution < -0.4 is 5.32 Å². The molecule has 0 heterocycles. The molecule has 22 heavy (non-hydrogen) atoms. The summed E-state index contributed by atoms with van der Waals surface area (Å²) < 4.78 is 0. The van der Waals surface area contributed by atoms with Crippen molar-refractivity contribution in [1.29, 1.82) is 0 Å². The zero-order valence-corrected chi connectivity index (χ0v) is 11.9. The van der Waals surface area contributed by atoms with Crippen LogP contribution in [0.2, 0.25) is 0 Å². The number of Topliss-reactive ketones (excluding diaryl/α,β-unsaturated/α-hetero) is 2. The van der Waals surface area contributed by atoms with Crippen molar-refractivity contribution < 1.29 is 19.3 Å². The second-order valence-electron chi connectivity index (χ2n) is 4.52. The van der Waals surface area contributed by atoms with Gasteiger partial charge in [0.2, 0.25) is 5.78 Å². The van der Waals surface area contributed by atoms with Gasteiger partial charge in [-0.2, -0.15) is 0 Å². The highest BCUT2D eigenvalue weighted by molar-refractivity contribution is 6.01. The van der Waals surface area contributed by atoms with E-state index < -0.39 is 22.7 Å². The summed E-state index contributed by atoms with van der Waals surface area (Å²) in [6.45, 7) is 1.25. The van der Waals surface area contributed by atoms with E-state index in [0.29, 0.717) is 0 Å². The van der Waals surface area contributed by atoms with Gasteiger partial charge in [0.15, 0.2) is 5.78 Å². The van der Waals surface area contributed by atoms with Crippen molar-refractivity contribution in [3.05, 3.63) is 39.9 Å². The molecule has 0 radical (unpaired) electrons. The van der Waals surface area contributed by atoms with E-state index >= 15 is 0 Å². The summed E-state index contributed by atoms with van der Waals surface area (Å²) >= 11 is 0. The Morgan fingerprint density at radius 2 is 2.00 bits per heavy atom. The molecule has 1 amide bonds. The van der Waals surface area contributed by atoms with Crippen molar-refractivity contribution in [2.45, 2.75) is 25.8 Å². The molecule has 0 bridgehead atoms. The Labute approximate surface area is 126 Å². The van der Waals surface area contributed by atoms with Crippen LogP contribution in [0.1, 0.15) is 30.1 Å². The van der Waals surface area contributed by atoms with E-state index in [4.69, 9.17) is 6.42 Å². The van der Waals surface area contributed by atoms with Crippen LogP contribution in [0.15, 0.2) is 24.3 Å². The fourth-order valence-corrected chi connectivity index (χ4v) is 1.79. The van der Waals surface area contributed by atoms with E-state index in [0.717, 1.165) is 0 Å². The average molecular weight is 302 g/mol. The molecule has 1 N–H and O–H groups in total. The lowest BCUT2D eigenvalue weighted by atomic mass is 10.0. The van der Waals surface area contributed by atoms with Gasteiger partial charge in [-0.05, 0) is 25.3 Å². The Morgan fingerprint density at radius 3 is 2.55 bits per heavy atom. The first kappa shape index (κ1) is 17.0. The van der Waals surface area contributed by atoms with Gasteiger partial charge in [0.25, 0.3) is 11.6 Å². The summed E-state index contributed by atoms with van der Waals surface area (Å²) in [4.78, 5) is 44.9. The monoisotopic (exact) mass is 302 g/mol. The van der Waals surface area contributed by atoms with Crippen LogP contribution in [0.3, 0.4) is 0 Å². The van der Waals surface area contributed by atoms with Crippen molar-refractivity contribution in [2.24, 2.45) is 0 Å². The molecule has 0 saturated heterocycles. The molecule has 0 saturated carbocycles. The van der Waals surface area contributed by atoms with Crippen LogP contribution in [-0.4, -0.2) is 28.4 Å². The number of benzene rings is 1. The van der Waals surface area contributed by atoms with Crippen LogP contribution >= 0.6 is 0 Å². The second-order valence-corrected chi connectivity index (χ2v) is 4.52. The molecule has 0 aliphatic heterocycles. The van der Waals surface area contributed by atoms with Crippen molar-refractivity contribution >= 4 is 23.2 Å². The molecule has 0 aliphatic rings. The first-order chi connectivity index (χ1) is 10.4. The molecule has 1 aromatic rings. The highest BCUT2D eigenvalue weighted by atomic mass is 16.6. The largest absolute Gasteiger partial charge is 0.342 e. The van der Waals surface area contributed by atoms with Crippen molar-refractivity contribution in [1.82, 2.24) is 5.32 Å². The number of terminal acetylenes is 1. The van der Waals surface area contributed by atoms with E-state index in [2.05, 4.69) is 5.32 Å². The first-order valence-electron chi connectivity index (χ1n) is 6.41. The zero-order valence-electron chi connectivity index (χ0n) is 11.9. The van der Waals surface area contributed by atoms with E-state index in [-0.39, 0.29) is 29.9 Å². The Morgan fingerprint density at radius 1 is 1.36 bits per heavy atom. The molecule has 1 aromatic carbocycles. The predicted molar refractivity (Wildman–Crippen MR) is 78.1 cm³/mol. The van der Waals surface area contributed by atoms with Gasteiger partial charge < -0.3 is 5.32 Å². The molecule has 7 heteroatoms. The topological polar surface area (TPSA) is 106 Å². The average Bonchev–Trinajstić information content (AvgIpc) is 2.50. The SMILES string of the molecule is C#CC(=O)CCC(NC(=O)c1ccccc1[N+](=O)[O-])C(C)=O. The lowest BCUT2D eigenvalue weighted by molar-refractivity contribution is -0.385. The molecule has 114 valence electrons. The van der Waals surface area contributed by atoms with Crippen LogP contribution in [0, 0.1) is 22.5 Å². The standard InChI is InChI=1S/C15H14N2O5/c1-3-11(19)8-9-13(10(2)18)16-15(20)12-6-4-5-7-14(12)17(21)22/h1,4-7,13H,8-9H2,2H3,(H,16,20). The quantitative estimate of drug-likeness (QED) is 0.353. The summed E-state index contributed by atoms with van der Waals surface area (Å²) in [5, 5.41) is 13.3. The number of nitro groups is 1. The van der Waals surface area contributed by atoms with Gasteiger partial charge in [-0.15, -0.1) is 6.42 Å². The fraction of sp³-hybridized carbons (Fsp3) is 0.267. The third-order valence-corrected chi connectivity index (χ3v) is 2.96. The third kappa shape index (κ3) is 4.52. The van der Waals surface area contributed by atoms with Crippen LogP contribution in [-0.2, 0) is 9.59 Å². The van der Waals surface area contributed by atoms with Gasteiger partial charge in [0.1, 0.15) is 5.56 Å². The zero-order chi connectivity index (χ0) is 16.7. The van der Waals surface area contributed by atoms with Crippen LogP contribution in [0.5, 0.6) is 0 Å². The normalized spacial score (nSPS) is 11.1. The molecule has 1 rings (SSSR count). The minimum absolute atomic E-state index is 0.0464. The smallest absolute Gasteiger partial charge is 0.282 e. The lowest BCUT2D eigenvalue weighted by Crippen LogP contribution is -2.40. The van der Waals surface area contributed by atoms with Crippen molar-refractivity contribution in [3.8, 4) is 12.3 Å². The summed E-state index contributed by atoms with van der Waals surface area (Å²) in [6, 6.07) is 4.47. The van der Waals surface area contributed by atoms with Gasteiger partial charge in [-0.25, -0.2) is 0 Å². The molecule has 0 aromatic heterocycles. The summed E-state index contributed by atoms with van der Waals surface area (Å²) in [7, 11) is 0. The molecule has 0 fully saturated rings. The highest BCUT2D eigenvalue weighted by Gasteiger charge is 2.23.